The summed E-state index contributed by atoms with van der Waals surface area (Å²) in [7, 11) is 1.62. The molecule has 0 unspecified atom stereocenters. The second kappa shape index (κ2) is 5.67. The van der Waals surface area contributed by atoms with Crippen molar-refractivity contribution in [2.75, 3.05) is 7.11 Å². The largest absolute Gasteiger partial charge is 0.497 e. The van der Waals surface area contributed by atoms with Crippen molar-refractivity contribution in [1.82, 2.24) is 0 Å². The van der Waals surface area contributed by atoms with Crippen molar-refractivity contribution in [1.29, 1.82) is 0 Å². The van der Waals surface area contributed by atoms with Gasteiger partial charge in [0.15, 0.2) is 5.76 Å². The zero-order valence-electron chi connectivity index (χ0n) is 11.6. The highest BCUT2D eigenvalue weighted by atomic mass is 16.5. The maximum atomic E-state index is 12.3. The van der Waals surface area contributed by atoms with Crippen LogP contribution in [-0.2, 0) is 0 Å². The quantitative estimate of drug-likeness (QED) is 0.672. The molecule has 0 N–H and O–H groups in total. The van der Waals surface area contributed by atoms with E-state index >= 15 is 0 Å². The lowest BCUT2D eigenvalue weighted by Gasteiger charge is -2.01. The normalized spacial score (nSPS) is 10.3. The second-order valence-corrected chi connectivity index (χ2v) is 4.59. The molecule has 0 aliphatic heterocycles. The number of hydrogen-bond donors (Lipinski definition) is 0. The highest BCUT2D eigenvalue weighted by Crippen LogP contribution is 2.25. The number of carbonyl (C=O) groups excluding carboxylic acids is 1. The van der Waals surface area contributed by atoms with E-state index in [-0.39, 0.29) is 5.78 Å². The summed E-state index contributed by atoms with van der Waals surface area (Å²) in [6.07, 6.45) is 0. The molecule has 0 saturated heterocycles. The van der Waals surface area contributed by atoms with Crippen molar-refractivity contribution < 1.29 is 13.9 Å². The first-order chi connectivity index (χ1) is 10.3. The number of benzene rings is 2. The number of carbonyl (C=O) groups is 1. The van der Waals surface area contributed by atoms with Gasteiger partial charge >= 0.3 is 0 Å². The van der Waals surface area contributed by atoms with Gasteiger partial charge in [0.25, 0.3) is 0 Å². The number of furan rings is 1. The molecular weight excluding hydrogens is 264 g/mol. The van der Waals surface area contributed by atoms with Crippen LogP contribution in [0.25, 0.3) is 11.3 Å². The summed E-state index contributed by atoms with van der Waals surface area (Å²) >= 11 is 0. The van der Waals surface area contributed by atoms with Crippen LogP contribution in [0.2, 0.25) is 0 Å². The fourth-order valence-electron chi connectivity index (χ4n) is 2.10. The Morgan fingerprint density at radius 2 is 1.62 bits per heavy atom. The van der Waals surface area contributed by atoms with Crippen LogP contribution >= 0.6 is 0 Å². The zero-order valence-corrected chi connectivity index (χ0v) is 11.6. The minimum atomic E-state index is -0.115. The molecule has 0 spiro atoms. The Balaban J connectivity index is 1.87. The lowest BCUT2D eigenvalue weighted by molar-refractivity contribution is 0.101. The van der Waals surface area contributed by atoms with Crippen LogP contribution in [0.5, 0.6) is 5.75 Å². The van der Waals surface area contributed by atoms with Crippen molar-refractivity contribution >= 4 is 5.78 Å². The molecule has 0 atom stereocenters. The number of ether oxygens (including phenoxy) is 1. The Hall–Kier alpha value is -2.81. The molecule has 2 aromatic carbocycles. The van der Waals surface area contributed by atoms with Gasteiger partial charge in [0.05, 0.1) is 7.11 Å². The summed E-state index contributed by atoms with van der Waals surface area (Å²) in [4.78, 5) is 12.3. The van der Waals surface area contributed by atoms with Gasteiger partial charge in [-0.2, -0.15) is 0 Å². The van der Waals surface area contributed by atoms with Crippen molar-refractivity contribution in [3.8, 4) is 17.1 Å². The minimum absolute atomic E-state index is 0.115. The standard InChI is InChI=1S/C18H14O3/c1-20-15-9-7-13(8-10-15)16-11-12-17(21-16)18(19)14-5-3-2-4-6-14/h2-12H,1H3. The van der Waals surface area contributed by atoms with E-state index in [0.717, 1.165) is 11.3 Å². The smallest absolute Gasteiger partial charge is 0.228 e. The van der Waals surface area contributed by atoms with Crippen LogP contribution in [0.1, 0.15) is 16.1 Å². The Morgan fingerprint density at radius 3 is 2.29 bits per heavy atom. The van der Waals surface area contributed by atoms with E-state index in [2.05, 4.69) is 0 Å². The van der Waals surface area contributed by atoms with Gasteiger partial charge in [-0.05, 0) is 36.4 Å². The highest BCUT2D eigenvalue weighted by Gasteiger charge is 2.14. The molecule has 0 aliphatic rings. The van der Waals surface area contributed by atoms with E-state index in [4.69, 9.17) is 9.15 Å². The summed E-state index contributed by atoms with van der Waals surface area (Å²) < 4.78 is 10.8. The number of hydrogen-bond acceptors (Lipinski definition) is 3. The van der Waals surface area contributed by atoms with E-state index < -0.39 is 0 Å². The molecule has 1 heterocycles. The number of ketones is 1. The van der Waals surface area contributed by atoms with Crippen LogP contribution in [0.3, 0.4) is 0 Å². The molecule has 1 aromatic heterocycles. The van der Waals surface area contributed by atoms with Gasteiger partial charge < -0.3 is 9.15 Å². The minimum Gasteiger partial charge on any atom is -0.497 e. The van der Waals surface area contributed by atoms with Gasteiger partial charge in [-0.25, -0.2) is 0 Å². The van der Waals surface area contributed by atoms with Gasteiger partial charge in [-0.1, -0.05) is 30.3 Å². The van der Waals surface area contributed by atoms with Gasteiger partial charge in [0.2, 0.25) is 5.78 Å². The molecule has 21 heavy (non-hydrogen) atoms. The second-order valence-electron chi connectivity index (χ2n) is 4.59. The summed E-state index contributed by atoms with van der Waals surface area (Å²) in [6.45, 7) is 0. The maximum absolute atomic E-state index is 12.3. The van der Waals surface area contributed by atoms with E-state index in [1.54, 1.807) is 31.4 Å². The SMILES string of the molecule is COc1ccc(-c2ccc(C(=O)c3ccccc3)o2)cc1. The Bertz CT molecular complexity index is 740. The van der Waals surface area contributed by atoms with Crippen LogP contribution < -0.4 is 4.74 Å². The van der Waals surface area contributed by atoms with E-state index in [0.29, 0.717) is 17.1 Å². The summed E-state index contributed by atoms with van der Waals surface area (Å²) in [6, 6.07) is 20.1. The fraction of sp³-hybridized carbons (Fsp3) is 0.0556. The van der Waals surface area contributed by atoms with E-state index in [9.17, 15) is 4.79 Å². The third-order valence-electron chi connectivity index (χ3n) is 3.24. The molecule has 0 fully saturated rings. The average Bonchev–Trinajstić information content (AvgIpc) is 3.05. The monoisotopic (exact) mass is 278 g/mol. The topological polar surface area (TPSA) is 39.4 Å². The lowest BCUT2D eigenvalue weighted by atomic mass is 10.1. The molecular formula is C18H14O3. The Morgan fingerprint density at radius 1 is 0.905 bits per heavy atom. The van der Waals surface area contributed by atoms with Crippen LogP contribution in [-0.4, -0.2) is 12.9 Å². The molecule has 0 radical (unpaired) electrons. The molecule has 0 bridgehead atoms. The number of rotatable bonds is 4. The van der Waals surface area contributed by atoms with Gasteiger partial charge in [0, 0.05) is 11.1 Å². The molecule has 3 heteroatoms. The predicted molar refractivity (Wildman–Crippen MR) is 80.6 cm³/mol. The Kier molecular flexibility index (Phi) is 3.56. The van der Waals surface area contributed by atoms with Gasteiger partial charge in [0.1, 0.15) is 11.5 Å². The first-order valence-corrected chi connectivity index (χ1v) is 6.62. The maximum Gasteiger partial charge on any atom is 0.228 e. The van der Waals surface area contributed by atoms with Crippen LogP contribution in [0.15, 0.2) is 71.1 Å². The highest BCUT2D eigenvalue weighted by molar-refractivity contribution is 6.07. The van der Waals surface area contributed by atoms with E-state index in [1.165, 1.54) is 0 Å². The number of methoxy groups -OCH3 is 1. The van der Waals surface area contributed by atoms with Crippen molar-refractivity contribution in [3.63, 3.8) is 0 Å². The summed E-state index contributed by atoms with van der Waals surface area (Å²) in [5, 5.41) is 0. The molecule has 0 aliphatic carbocycles. The molecule has 3 rings (SSSR count). The lowest BCUT2D eigenvalue weighted by Crippen LogP contribution is -1.98. The summed E-state index contributed by atoms with van der Waals surface area (Å²) in [5.74, 6) is 1.67. The van der Waals surface area contributed by atoms with Crippen LogP contribution in [0, 0.1) is 0 Å². The van der Waals surface area contributed by atoms with Crippen molar-refractivity contribution in [2.24, 2.45) is 0 Å². The molecule has 104 valence electrons. The third-order valence-corrected chi connectivity index (χ3v) is 3.24. The average molecular weight is 278 g/mol. The van der Waals surface area contributed by atoms with Crippen molar-refractivity contribution in [2.45, 2.75) is 0 Å². The van der Waals surface area contributed by atoms with E-state index in [1.807, 2.05) is 42.5 Å². The summed E-state index contributed by atoms with van der Waals surface area (Å²) in [5.41, 5.74) is 1.52. The fourth-order valence-corrected chi connectivity index (χ4v) is 2.10. The van der Waals surface area contributed by atoms with Gasteiger partial charge in [-0.3, -0.25) is 4.79 Å². The molecule has 0 saturated carbocycles. The van der Waals surface area contributed by atoms with Crippen molar-refractivity contribution in [3.05, 3.63) is 78.1 Å². The van der Waals surface area contributed by atoms with Crippen LogP contribution in [0.4, 0.5) is 0 Å². The molecule has 0 amide bonds. The Labute approximate surface area is 122 Å². The molecule has 3 aromatic rings. The zero-order chi connectivity index (χ0) is 14.7. The predicted octanol–water partition coefficient (Wildman–Crippen LogP) is 4.19. The van der Waals surface area contributed by atoms with Gasteiger partial charge in [-0.15, -0.1) is 0 Å². The first-order valence-electron chi connectivity index (χ1n) is 6.62. The first kappa shape index (κ1) is 13.2. The molecule has 3 nitrogen and oxygen atoms in total. The third kappa shape index (κ3) is 2.72.